The number of ether oxygens (including phenoxy) is 1. The summed E-state index contributed by atoms with van der Waals surface area (Å²) in [7, 11) is 0. The molecule has 0 atom stereocenters. The van der Waals surface area contributed by atoms with Crippen molar-refractivity contribution in [2.45, 2.75) is 20.8 Å². The minimum absolute atomic E-state index is 0.0553. The Morgan fingerprint density at radius 1 is 1.21 bits per heavy atom. The largest absolute Gasteiger partial charge is 0.394 e. The van der Waals surface area contributed by atoms with E-state index < -0.39 is 0 Å². The Bertz CT molecular complexity index is 569. The number of aromatic nitrogens is 2. The normalized spacial score (nSPS) is 11.2. The number of nitrogens with zero attached hydrogens (tertiary/aromatic N) is 2. The zero-order valence-electron chi connectivity index (χ0n) is 11.5. The number of thiophene rings is 1. The van der Waals surface area contributed by atoms with Gasteiger partial charge in [0.05, 0.1) is 25.2 Å². The summed E-state index contributed by atoms with van der Waals surface area (Å²) >= 11 is 1.70. The van der Waals surface area contributed by atoms with E-state index in [4.69, 9.17) is 9.84 Å². The number of rotatable bonds is 6. The predicted octanol–water partition coefficient (Wildman–Crippen LogP) is 2.04. The van der Waals surface area contributed by atoms with Crippen LogP contribution in [0.15, 0.2) is 0 Å². The molecule has 0 aliphatic carbocycles. The molecule has 0 saturated carbocycles. The molecule has 0 unspecified atom stereocenters. The van der Waals surface area contributed by atoms with Gasteiger partial charge in [0, 0.05) is 11.4 Å². The Morgan fingerprint density at radius 2 is 2.00 bits per heavy atom. The number of aliphatic hydroxyl groups is 1. The zero-order valence-corrected chi connectivity index (χ0v) is 12.3. The van der Waals surface area contributed by atoms with Gasteiger partial charge >= 0.3 is 0 Å². The molecule has 104 valence electrons. The van der Waals surface area contributed by atoms with E-state index in [2.05, 4.69) is 29.1 Å². The maximum absolute atomic E-state index is 8.63. The Labute approximate surface area is 116 Å². The third kappa shape index (κ3) is 3.20. The molecule has 2 aromatic rings. The van der Waals surface area contributed by atoms with Crippen LogP contribution in [0.1, 0.15) is 16.3 Å². The Morgan fingerprint density at radius 3 is 2.74 bits per heavy atom. The third-order valence-electron chi connectivity index (χ3n) is 2.91. The van der Waals surface area contributed by atoms with Crippen LogP contribution in [0.5, 0.6) is 0 Å². The van der Waals surface area contributed by atoms with Gasteiger partial charge in [-0.2, -0.15) is 0 Å². The van der Waals surface area contributed by atoms with Crippen LogP contribution in [-0.4, -0.2) is 41.4 Å². The first kappa shape index (κ1) is 14.2. The number of aryl methyl sites for hydroxylation is 3. The fourth-order valence-electron chi connectivity index (χ4n) is 1.89. The van der Waals surface area contributed by atoms with Gasteiger partial charge < -0.3 is 15.2 Å². The number of aliphatic hydroxyl groups excluding tert-OH is 1. The molecule has 19 heavy (non-hydrogen) atoms. The van der Waals surface area contributed by atoms with Gasteiger partial charge in [-0.3, -0.25) is 0 Å². The summed E-state index contributed by atoms with van der Waals surface area (Å²) in [6, 6.07) is 0. The summed E-state index contributed by atoms with van der Waals surface area (Å²) in [5.74, 6) is 1.64. The molecular weight excluding hydrogens is 262 g/mol. The lowest BCUT2D eigenvalue weighted by molar-refractivity contribution is 0.0992. The van der Waals surface area contributed by atoms with E-state index in [9.17, 15) is 0 Å². The summed E-state index contributed by atoms with van der Waals surface area (Å²) in [6.07, 6.45) is 0. The van der Waals surface area contributed by atoms with Gasteiger partial charge in [0.15, 0.2) is 0 Å². The fourth-order valence-corrected chi connectivity index (χ4v) is 2.97. The molecular formula is C13H19N3O2S. The van der Waals surface area contributed by atoms with Crippen molar-refractivity contribution in [3.05, 3.63) is 16.3 Å². The molecule has 2 heterocycles. The van der Waals surface area contributed by atoms with Crippen LogP contribution < -0.4 is 5.32 Å². The highest BCUT2D eigenvalue weighted by Crippen LogP contribution is 2.32. The summed E-state index contributed by atoms with van der Waals surface area (Å²) in [6.45, 7) is 7.74. The standard InChI is InChI=1S/C13H19N3O2S/c1-8-9(2)19-13-11(8)12(15-10(3)16-13)14-4-6-18-7-5-17/h17H,4-7H2,1-3H3,(H,14,15,16). The lowest BCUT2D eigenvalue weighted by atomic mass is 10.2. The fraction of sp³-hybridized carbons (Fsp3) is 0.538. The zero-order chi connectivity index (χ0) is 13.8. The van der Waals surface area contributed by atoms with Crippen molar-refractivity contribution in [3.8, 4) is 0 Å². The van der Waals surface area contributed by atoms with E-state index in [-0.39, 0.29) is 6.61 Å². The Balaban J connectivity index is 2.17. The van der Waals surface area contributed by atoms with Crippen molar-refractivity contribution in [3.63, 3.8) is 0 Å². The summed E-state index contributed by atoms with van der Waals surface area (Å²) in [4.78, 5) is 11.3. The molecule has 2 aromatic heterocycles. The van der Waals surface area contributed by atoms with Crippen molar-refractivity contribution in [2.75, 3.05) is 31.7 Å². The van der Waals surface area contributed by atoms with E-state index in [0.29, 0.717) is 19.8 Å². The minimum atomic E-state index is 0.0553. The molecule has 0 bridgehead atoms. The van der Waals surface area contributed by atoms with Crippen LogP contribution in [0.4, 0.5) is 5.82 Å². The number of hydrogen-bond donors (Lipinski definition) is 2. The molecule has 0 aliphatic heterocycles. The summed E-state index contributed by atoms with van der Waals surface area (Å²) < 4.78 is 5.23. The van der Waals surface area contributed by atoms with Crippen molar-refractivity contribution in [2.24, 2.45) is 0 Å². The van der Waals surface area contributed by atoms with Crippen LogP contribution in [0.2, 0.25) is 0 Å². The van der Waals surface area contributed by atoms with Crippen molar-refractivity contribution >= 4 is 27.4 Å². The molecule has 0 fully saturated rings. The lowest BCUT2D eigenvalue weighted by Crippen LogP contribution is -2.12. The van der Waals surface area contributed by atoms with Gasteiger partial charge in [0.2, 0.25) is 0 Å². The lowest BCUT2D eigenvalue weighted by Gasteiger charge is -2.08. The van der Waals surface area contributed by atoms with Crippen LogP contribution in [0, 0.1) is 20.8 Å². The molecule has 0 aromatic carbocycles. The van der Waals surface area contributed by atoms with E-state index in [1.54, 1.807) is 11.3 Å². The second kappa shape index (κ2) is 6.27. The molecule has 5 nitrogen and oxygen atoms in total. The third-order valence-corrected chi connectivity index (χ3v) is 4.02. The van der Waals surface area contributed by atoms with Crippen molar-refractivity contribution in [1.82, 2.24) is 9.97 Å². The van der Waals surface area contributed by atoms with Crippen LogP contribution >= 0.6 is 11.3 Å². The number of hydrogen-bond acceptors (Lipinski definition) is 6. The van der Waals surface area contributed by atoms with Gasteiger partial charge in [0.25, 0.3) is 0 Å². The average Bonchev–Trinajstić information content (AvgIpc) is 2.64. The summed E-state index contributed by atoms with van der Waals surface area (Å²) in [5, 5.41) is 13.0. The number of fused-ring (bicyclic) bond motifs is 1. The molecule has 0 aliphatic rings. The molecule has 6 heteroatoms. The molecule has 0 saturated heterocycles. The average molecular weight is 281 g/mol. The molecule has 2 rings (SSSR count). The minimum Gasteiger partial charge on any atom is -0.394 e. The molecule has 0 radical (unpaired) electrons. The van der Waals surface area contributed by atoms with Crippen LogP contribution in [0.3, 0.4) is 0 Å². The smallest absolute Gasteiger partial charge is 0.138 e. The maximum atomic E-state index is 8.63. The van der Waals surface area contributed by atoms with Crippen LogP contribution in [0.25, 0.3) is 10.2 Å². The van der Waals surface area contributed by atoms with Gasteiger partial charge in [-0.25, -0.2) is 9.97 Å². The molecule has 2 N–H and O–H groups in total. The van der Waals surface area contributed by atoms with E-state index in [0.717, 1.165) is 21.9 Å². The van der Waals surface area contributed by atoms with Gasteiger partial charge in [-0.05, 0) is 26.3 Å². The van der Waals surface area contributed by atoms with Gasteiger partial charge in [-0.15, -0.1) is 11.3 Å². The highest BCUT2D eigenvalue weighted by atomic mass is 32.1. The summed E-state index contributed by atoms with van der Waals surface area (Å²) in [5.41, 5.74) is 1.23. The van der Waals surface area contributed by atoms with E-state index in [1.807, 2.05) is 6.92 Å². The Hall–Kier alpha value is -1.24. The first-order chi connectivity index (χ1) is 9.13. The molecule has 0 spiro atoms. The number of anilines is 1. The Kier molecular flexibility index (Phi) is 4.68. The second-order valence-electron chi connectivity index (χ2n) is 4.35. The second-order valence-corrected chi connectivity index (χ2v) is 5.55. The van der Waals surface area contributed by atoms with E-state index in [1.165, 1.54) is 10.4 Å². The SMILES string of the molecule is Cc1nc(NCCOCCO)c2c(C)c(C)sc2n1. The predicted molar refractivity (Wildman–Crippen MR) is 78.0 cm³/mol. The topological polar surface area (TPSA) is 67.3 Å². The number of nitrogens with one attached hydrogen (secondary N) is 1. The first-order valence-corrected chi connectivity index (χ1v) is 7.12. The molecule has 0 amide bonds. The monoisotopic (exact) mass is 281 g/mol. The van der Waals surface area contributed by atoms with Crippen LogP contribution in [-0.2, 0) is 4.74 Å². The maximum Gasteiger partial charge on any atom is 0.138 e. The highest BCUT2D eigenvalue weighted by Gasteiger charge is 2.12. The van der Waals surface area contributed by atoms with Crippen molar-refractivity contribution < 1.29 is 9.84 Å². The highest BCUT2D eigenvalue weighted by molar-refractivity contribution is 7.18. The van der Waals surface area contributed by atoms with E-state index >= 15 is 0 Å². The van der Waals surface area contributed by atoms with Gasteiger partial charge in [0.1, 0.15) is 16.5 Å². The van der Waals surface area contributed by atoms with Gasteiger partial charge in [-0.1, -0.05) is 0 Å². The van der Waals surface area contributed by atoms with Crippen molar-refractivity contribution in [1.29, 1.82) is 0 Å². The first-order valence-electron chi connectivity index (χ1n) is 6.30. The quantitative estimate of drug-likeness (QED) is 0.793.